The second-order valence-electron chi connectivity index (χ2n) is 8.67. The Morgan fingerprint density at radius 3 is 0.821 bits per heavy atom. The van der Waals surface area contributed by atoms with Crippen molar-refractivity contribution in [1.29, 1.82) is 0 Å². The summed E-state index contributed by atoms with van der Waals surface area (Å²) in [5, 5.41) is 0. The molecule has 0 aromatic carbocycles. The second-order valence-corrected chi connectivity index (χ2v) is 8.67. The summed E-state index contributed by atoms with van der Waals surface area (Å²) in [5.41, 5.74) is 0. The van der Waals surface area contributed by atoms with Crippen molar-refractivity contribution in [3.05, 3.63) is 0 Å². The van der Waals surface area contributed by atoms with Gasteiger partial charge in [0.05, 0.1) is 0 Å². The number of aldehydes is 1. The Kier molecular flexibility index (Phi) is 33.5. The lowest BCUT2D eigenvalue weighted by molar-refractivity contribution is -0.107. The van der Waals surface area contributed by atoms with Crippen molar-refractivity contribution >= 4 is 6.29 Å². The zero-order valence-electron chi connectivity index (χ0n) is 20.2. The predicted octanol–water partition coefficient (Wildman–Crippen LogP) is 10.2. The zero-order valence-corrected chi connectivity index (χ0v) is 20.2. The van der Waals surface area contributed by atoms with Gasteiger partial charge in [0.15, 0.2) is 0 Å². The zero-order chi connectivity index (χ0) is 21.0. The van der Waals surface area contributed by atoms with Crippen molar-refractivity contribution in [1.82, 2.24) is 0 Å². The van der Waals surface area contributed by atoms with Gasteiger partial charge in [0, 0.05) is 6.42 Å². The average Bonchev–Trinajstić information content (AvgIpc) is 2.72. The lowest BCUT2D eigenvalue weighted by Gasteiger charge is -2.04. The van der Waals surface area contributed by atoms with Crippen LogP contribution in [0, 0.1) is 0 Å². The Labute approximate surface area is 179 Å². The molecule has 0 spiro atoms. The van der Waals surface area contributed by atoms with Crippen LogP contribution < -0.4 is 0 Å². The number of hydrogen-bond acceptors (Lipinski definition) is 1. The topological polar surface area (TPSA) is 17.1 Å². The number of unbranched alkanes of at least 4 members (excludes halogenated alkanes) is 21. The summed E-state index contributed by atoms with van der Waals surface area (Å²) >= 11 is 0. The van der Waals surface area contributed by atoms with E-state index in [-0.39, 0.29) is 0 Å². The van der Waals surface area contributed by atoms with Crippen LogP contribution in [0.4, 0.5) is 0 Å². The van der Waals surface area contributed by atoms with E-state index in [0.717, 1.165) is 19.1 Å². The monoisotopic (exact) mass is 396 g/mol. The van der Waals surface area contributed by atoms with E-state index in [9.17, 15) is 4.79 Å². The summed E-state index contributed by atoms with van der Waals surface area (Å²) in [4.78, 5) is 10.2. The summed E-state index contributed by atoms with van der Waals surface area (Å²) in [7, 11) is 0. The van der Waals surface area contributed by atoms with Crippen LogP contribution >= 0.6 is 0 Å². The van der Waals surface area contributed by atoms with Crippen molar-refractivity contribution in [3.8, 4) is 0 Å². The maximum absolute atomic E-state index is 10.2. The maximum Gasteiger partial charge on any atom is 0.119 e. The molecule has 0 aliphatic rings. The van der Waals surface area contributed by atoms with E-state index in [4.69, 9.17) is 0 Å². The third-order valence-corrected chi connectivity index (χ3v) is 5.68. The average molecular weight is 397 g/mol. The number of rotatable bonds is 22. The quantitative estimate of drug-likeness (QED) is 0.131. The molecule has 0 bridgehead atoms. The lowest BCUT2D eigenvalue weighted by atomic mass is 10.0. The minimum atomic E-state index is 0.763. The molecule has 0 aliphatic heterocycles. The summed E-state index contributed by atoms with van der Waals surface area (Å²) in [6.45, 7) is 6.65. The van der Waals surface area contributed by atoms with Crippen LogP contribution in [0.5, 0.6) is 0 Å². The first-order valence-corrected chi connectivity index (χ1v) is 13.3. The van der Waals surface area contributed by atoms with Crippen LogP contribution in [0.3, 0.4) is 0 Å². The second kappa shape index (κ2) is 31.4. The fourth-order valence-electron chi connectivity index (χ4n) is 3.48. The highest BCUT2D eigenvalue weighted by Gasteiger charge is 1.95. The maximum atomic E-state index is 10.2. The Balaban J connectivity index is 0. The SMILES string of the molecule is CCCC.CCCCCCCCCCCCCCCCCCCCCCC=O. The fourth-order valence-corrected chi connectivity index (χ4v) is 3.48. The molecule has 0 aromatic heterocycles. The molecule has 1 heteroatoms. The molecule has 0 radical (unpaired) electrons. The molecular weight excluding hydrogens is 340 g/mol. The fraction of sp³-hybridized carbons (Fsp3) is 0.963. The summed E-state index contributed by atoms with van der Waals surface area (Å²) in [6, 6.07) is 0. The van der Waals surface area contributed by atoms with Crippen molar-refractivity contribution in [3.63, 3.8) is 0 Å². The molecule has 0 amide bonds. The molecule has 0 aliphatic carbocycles. The van der Waals surface area contributed by atoms with Gasteiger partial charge in [-0.25, -0.2) is 0 Å². The van der Waals surface area contributed by atoms with E-state index < -0.39 is 0 Å². The van der Waals surface area contributed by atoms with Crippen molar-refractivity contribution in [2.45, 2.75) is 168 Å². The van der Waals surface area contributed by atoms with E-state index in [1.165, 1.54) is 135 Å². The van der Waals surface area contributed by atoms with Crippen LogP contribution in [0.25, 0.3) is 0 Å². The Morgan fingerprint density at radius 1 is 0.357 bits per heavy atom. The van der Waals surface area contributed by atoms with Gasteiger partial charge in [-0.3, -0.25) is 0 Å². The molecule has 1 nitrogen and oxygen atoms in total. The molecular formula is C27H56O. The molecule has 0 N–H and O–H groups in total. The van der Waals surface area contributed by atoms with Gasteiger partial charge in [0.1, 0.15) is 6.29 Å². The van der Waals surface area contributed by atoms with Gasteiger partial charge in [0.2, 0.25) is 0 Å². The first-order valence-electron chi connectivity index (χ1n) is 13.3. The van der Waals surface area contributed by atoms with E-state index >= 15 is 0 Å². The molecule has 0 atom stereocenters. The van der Waals surface area contributed by atoms with Crippen LogP contribution in [0.2, 0.25) is 0 Å². The van der Waals surface area contributed by atoms with E-state index in [0.29, 0.717) is 0 Å². The molecule has 28 heavy (non-hydrogen) atoms. The summed E-state index contributed by atoms with van der Waals surface area (Å²) < 4.78 is 0. The lowest BCUT2D eigenvalue weighted by Crippen LogP contribution is -1.84. The van der Waals surface area contributed by atoms with Crippen molar-refractivity contribution in [2.24, 2.45) is 0 Å². The smallest absolute Gasteiger partial charge is 0.119 e. The van der Waals surface area contributed by atoms with Gasteiger partial charge in [-0.15, -0.1) is 0 Å². The molecule has 0 saturated carbocycles. The van der Waals surface area contributed by atoms with Crippen LogP contribution in [0.1, 0.15) is 168 Å². The van der Waals surface area contributed by atoms with Crippen LogP contribution in [-0.4, -0.2) is 6.29 Å². The van der Waals surface area contributed by atoms with Gasteiger partial charge < -0.3 is 4.79 Å². The van der Waals surface area contributed by atoms with Crippen LogP contribution in [0.15, 0.2) is 0 Å². The minimum Gasteiger partial charge on any atom is -0.303 e. The largest absolute Gasteiger partial charge is 0.303 e. The molecule has 0 saturated heterocycles. The highest BCUT2D eigenvalue weighted by atomic mass is 16.1. The minimum absolute atomic E-state index is 0.763. The molecule has 0 aromatic rings. The molecule has 0 rings (SSSR count). The van der Waals surface area contributed by atoms with Gasteiger partial charge in [0.25, 0.3) is 0 Å². The van der Waals surface area contributed by atoms with E-state index in [1.54, 1.807) is 0 Å². The van der Waals surface area contributed by atoms with E-state index in [1.807, 2.05) is 0 Å². The van der Waals surface area contributed by atoms with Gasteiger partial charge in [-0.1, -0.05) is 156 Å². The first kappa shape index (κ1) is 29.9. The molecule has 0 heterocycles. The third-order valence-electron chi connectivity index (χ3n) is 5.68. The number of carbonyl (C=O) groups excluding carboxylic acids is 1. The normalized spacial score (nSPS) is 10.5. The summed E-state index contributed by atoms with van der Waals surface area (Å²) in [6.07, 6.45) is 32.7. The Hall–Kier alpha value is -0.330. The highest BCUT2D eigenvalue weighted by molar-refractivity contribution is 5.48. The Morgan fingerprint density at radius 2 is 0.607 bits per heavy atom. The van der Waals surface area contributed by atoms with Crippen LogP contribution in [-0.2, 0) is 4.79 Å². The summed E-state index contributed by atoms with van der Waals surface area (Å²) in [5.74, 6) is 0. The van der Waals surface area contributed by atoms with Gasteiger partial charge >= 0.3 is 0 Å². The first-order chi connectivity index (χ1) is 13.8. The van der Waals surface area contributed by atoms with Crippen molar-refractivity contribution < 1.29 is 4.79 Å². The highest BCUT2D eigenvalue weighted by Crippen LogP contribution is 2.14. The predicted molar refractivity (Wildman–Crippen MR) is 129 cm³/mol. The Bertz CT molecular complexity index is 247. The van der Waals surface area contributed by atoms with E-state index in [2.05, 4.69) is 20.8 Å². The van der Waals surface area contributed by atoms with Gasteiger partial charge in [-0.2, -0.15) is 0 Å². The molecule has 0 unspecified atom stereocenters. The molecule has 170 valence electrons. The standard InChI is InChI=1S/C23H46O.C4H10/c1-2-3-4-5-6-7-8-9-10-11-12-13-14-15-16-17-18-19-20-21-22-23-24;1-3-4-2/h23H,2-22H2,1H3;3-4H2,1-2H3. The van der Waals surface area contributed by atoms with Crippen molar-refractivity contribution in [2.75, 3.05) is 0 Å². The third kappa shape index (κ3) is 33.3. The number of carbonyl (C=O) groups is 1. The van der Waals surface area contributed by atoms with Gasteiger partial charge in [-0.05, 0) is 6.42 Å². The molecule has 0 fully saturated rings. The number of hydrogen-bond donors (Lipinski definition) is 0.